The minimum atomic E-state index is -1.05. The Morgan fingerprint density at radius 2 is 1.90 bits per heavy atom. The van der Waals surface area contributed by atoms with E-state index in [1.807, 2.05) is 6.92 Å². The molecule has 0 aromatic rings. The van der Waals surface area contributed by atoms with E-state index >= 15 is 0 Å². The number of aliphatic imine (C=N–C) groups is 1. The predicted octanol–water partition coefficient (Wildman–Crippen LogP) is 0.532. The van der Waals surface area contributed by atoms with Crippen LogP contribution in [-0.4, -0.2) is 80.4 Å². The van der Waals surface area contributed by atoms with Crippen LogP contribution in [0.1, 0.15) is 46.0 Å². The molecule has 0 radical (unpaired) electrons. The van der Waals surface area contributed by atoms with Gasteiger partial charge in [-0.1, -0.05) is 6.92 Å². The Balaban J connectivity index is 1.39. The number of aliphatic hydroxyl groups excluding tert-OH is 1. The first-order valence-corrected chi connectivity index (χ1v) is 12.0. The van der Waals surface area contributed by atoms with Crippen molar-refractivity contribution < 1.29 is 19.8 Å². The first-order valence-electron chi connectivity index (χ1n) is 11.2. The summed E-state index contributed by atoms with van der Waals surface area (Å²) in [6.07, 6.45) is 4.34. The molecule has 1 amide bonds. The number of carboxylic acids is 1. The molecule has 5 atom stereocenters. The van der Waals surface area contributed by atoms with Crippen molar-refractivity contribution in [3.63, 3.8) is 0 Å². The van der Waals surface area contributed by atoms with E-state index in [9.17, 15) is 19.8 Å². The van der Waals surface area contributed by atoms with Crippen molar-refractivity contribution >= 4 is 29.6 Å². The summed E-state index contributed by atoms with van der Waals surface area (Å²) >= 11 is 1.63. The Morgan fingerprint density at radius 3 is 2.48 bits per heavy atom. The average molecular weight is 452 g/mol. The normalized spacial score (nSPS) is 36.9. The number of hydrogen-bond acceptors (Lipinski definition) is 6. The minimum absolute atomic E-state index is 0.0718. The van der Waals surface area contributed by atoms with Crippen molar-refractivity contribution in [1.82, 2.24) is 9.80 Å². The SMILES string of the molecule is C[C@@H](O)[C@H]1C(=O)N2C(C(=O)O)=C(S[C@@H]3CCN(C4CCC(N=C(N)N)CC4)C3)[C@H](C)[C@H]12. The molecule has 4 aliphatic rings. The van der Waals surface area contributed by atoms with Gasteiger partial charge in [0.05, 0.1) is 24.1 Å². The topological polar surface area (TPSA) is 145 Å². The second kappa shape index (κ2) is 8.63. The van der Waals surface area contributed by atoms with Gasteiger partial charge in [-0.3, -0.25) is 14.7 Å². The number of carbonyl (C=O) groups excluding carboxylic acids is 1. The number of aliphatic carboxylic acids is 1. The van der Waals surface area contributed by atoms with Crippen molar-refractivity contribution in [2.24, 2.45) is 28.3 Å². The van der Waals surface area contributed by atoms with E-state index in [0.717, 1.165) is 50.1 Å². The number of hydrogen-bond donors (Lipinski definition) is 4. The maximum Gasteiger partial charge on any atom is 0.353 e. The molecule has 31 heavy (non-hydrogen) atoms. The van der Waals surface area contributed by atoms with Crippen LogP contribution in [0.25, 0.3) is 0 Å². The largest absolute Gasteiger partial charge is 0.477 e. The van der Waals surface area contributed by atoms with Crippen LogP contribution in [0.4, 0.5) is 0 Å². The van der Waals surface area contributed by atoms with E-state index in [1.54, 1.807) is 18.7 Å². The van der Waals surface area contributed by atoms with E-state index in [2.05, 4.69) is 9.89 Å². The monoisotopic (exact) mass is 451 g/mol. The first-order chi connectivity index (χ1) is 14.7. The summed E-state index contributed by atoms with van der Waals surface area (Å²) in [5.74, 6) is -1.75. The number of β-lactam (4-membered cyclic amide) rings is 1. The lowest BCUT2D eigenvalue weighted by Gasteiger charge is -2.46. The molecule has 0 aromatic carbocycles. The average Bonchev–Trinajstić information content (AvgIpc) is 3.24. The van der Waals surface area contributed by atoms with Gasteiger partial charge in [-0.25, -0.2) is 4.79 Å². The predicted molar refractivity (Wildman–Crippen MR) is 119 cm³/mol. The van der Waals surface area contributed by atoms with E-state index < -0.39 is 18.0 Å². The van der Waals surface area contributed by atoms with Crippen LogP contribution < -0.4 is 11.5 Å². The number of rotatable bonds is 6. The zero-order valence-corrected chi connectivity index (χ0v) is 18.9. The van der Waals surface area contributed by atoms with Gasteiger partial charge >= 0.3 is 5.97 Å². The molecule has 0 aromatic heterocycles. The van der Waals surface area contributed by atoms with Crippen molar-refractivity contribution in [3.8, 4) is 0 Å². The molecule has 10 heteroatoms. The maximum atomic E-state index is 12.5. The smallest absolute Gasteiger partial charge is 0.353 e. The Kier molecular flexibility index (Phi) is 6.24. The van der Waals surface area contributed by atoms with Crippen LogP contribution in [0.3, 0.4) is 0 Å². The molecule has 3 heterocycles. The van der Waals surface area contributed by atoms with E-state index in [0.29, 0.717) is 11.3 Å². The van der Waals surface area contributed by atoms with Gasteiger partial charge in [0, 0.05) is 28.7 Å². The molecule has 4 rings (SSSR count). The molecule has 2 saturated heterocycles. The molecule has 6 N–H and O–H groups in total. The summed E-state index contributed by atoms with van der Waals surface area (Å²) < 4.78 is 0. The Hall–Kier alpha value is -1.78. The third-order valence-corrected chi connectivity index (χ3v) is 8.83. The van der Waals surface area contributed by atoms with Crippen LogP contribution in [-0.2, 0) is 9.59 Å². The lowest BCUT2D eigenvalue weighted by molar-refractivity contribution is -0.163. The molecule has 0 unspecified atom stereocenters. The number of amides is 1. The molecule has 3 fully saturated rings. The molecular weight excluding hydrogens is 418 g/mol. The van der Waals surface area contributed by atoms with Crippen LogP contribution in [0.15, 0.2) is 15.6 Å². The van der Waals surface area contributed by atoms with Gasteiger partial charge in [0.15, 0.2) is 5.96 Å². The standard InChI is InChI=1S/C21H33N5O4S/c1-10-16-15(11(2)27)19(28)26(16)17(20(29)30)18(10)31-14-7-8-25(9-14)13-5-3-12(4-6-13)24-21(22)23/h10-16,27H,3-9H2,1-2H3,(H,29,30)(H4,22,23,24)/t10-,11-,12?,13?,14-,15-,16-/m1/s1. The fraction of sp³-hybridized carbons (Fsp3) is 0.762. The summed E-state index contributed by atoms with van der Waals surface area (Å²) in [6, 6.07) is 0.496. The molecular formula is C21H33N5O4S. The third-order valence-electron chi connectivity index (χ3n) is 7.30. The van der Waals surface area contributed by atoms with Gasteiger partial charge in [0.25, 0.3) is 0 Å². The van der Waals surface area contributed by atoms with Gasteiger partial charge in [-0.05, 0) is 45.6 Å². The summed E-state index contributed by atoms with van der Waals surface area (Å²) in [4.78, 5) is 33.5. The summed E-state index contributed by atoms with van der Waals surface area (Å²) in [5, 5.41) is 20.1. The van der Waals surface area contributed by atoms with Gasteiger partial charge < -0.3 is 26.6 Å². The highest BCUT2D eigenvalue weighted by Gasteiger charge is 2.60. The molecule has 172 valence electrons. The zero-order chi connectivity index (χ0) is 22.4. The number of nitrogens with two attached hydrogens (primary N) is 2. The number of fused-ring (bicyclic) bond motifs is 1. The maximum absolute atomic E-state index is 12.5. The lowest BCUT2D eigenvalue weighted by atomic mass is 9.79. The zero-order valence-electron chi connectivity index (χ0n) is 18.1. The fourth-order valence-electron chi connectivity index (χ4n) is 5.80. The van der Waals surface area contributed by atoms with Crippen molar-refractivity contribution in [3.05, 3.63) is 10.6 Å². The lowest BCUT2D eigenvalue weighted by Crippen LogP contribution is -2.63. The number of nitrogens with zero attached hydrogens (tertiary/aromatic N) is 3. The summed E-state index contributed by atoms with van der Waals surface area (Å²) in [5.41, 5.74) is 11.1. The Morgan fingerprint density at radius 1 is 1.23 bits per heavy atom. The van der Waals surface area contributed by atoms with Crippen LogP contribution >= 0.6 is 11.8 Å². The van der Waals surface area contributed by atoms with E-state index in [-0.39, 0.29) is 35.6 Å². The van der Waals surface area contributed by atoms with Crippen molar-refractivity contribution in [1.29, 1.82) is 0 Å². The number of aliphatic hydroxyl groups is 1. The number of thioether (sulfide) groups is 1. The molecule has 0 spiro atoms. The fourth-order valence-corrected chi connectivity index (χ4v) is 7.30. The highest BCUT2D eigenvalue weighted by atomic mass is 32.2. The third kappa shape index (κ3) is 4.05. The van der Waals surface area contributed by atoms with E-state index in [1.165, 1.54) is 4.90 Å². The second-order valence-electron chi connectivity index (χ2n) is 9.31. The summed E-state index contributed by atoms with van der Waals surface area (Å²) in [7, 11) is 0. The number of carboxylic acid groups (broad SMARTS) is 1. The molecule has 1 aliphatic carbocycles. The molecule has 9 nitrogen and oxygen atoms in total. The highest BCUT2D eigenvalue weighted by molar-refractivity contribution is 8.03. The Bertz CT molecular complexity index is 804. The first kappa shape index (κ1) is 22.4. The number of guanidine groups is 1. The van der Waals surface area contributed by atoms with E-state index in [4.69, 9.17) is 11.5 Å². The van der Waals surface area contributed by atoms with Crippen LogP contribution in [0, 0.1) is 11.8 Å². The van der Waals surface area contributed by atoms with Crippen molar-refractivity contribution in [2.45, 2.75) is 75.4 Å². The number of likely N-dealkylation sites (tertiary alicyclic amines) is 1. The summed E-state index contributed by atoms with van der Waals surface area (Å²) in [6.45, 7) is 5.51. The second-order valence-corrected chi connectivity index (χ2v) is 10.7. The molecule has 3 aliphatic heterocycles. The van der Waals surface area contributed by atoms with Gasteiger partial charge in [0.1, 0.15) is 5.70 Å². The highest BCUT2D eigenvalue weighted by Crippen LogP contribution is 2.52. The van der Waals surface area contributed by atoms with Gasteiger partial charge in [0.2, 0.25) is 5.91 Å². The Labute approximate surface area is 186 Å². The molecule has 1 saturated carbocycles. The quantitative estimate of drug-likeness (QED) is 0.260. The van der Waals surface area contributed by atoms with Crippen LogP contribution in [0.5, 0.6) is 0 Å². The minimum Gasteiger partial charge on any atom is -0.477 e. The van der Waals surface area contributed by atoms with Crippen molar-refractivity contribution in [2.75, 3.05) is 13.1 Å². The number of carbonyl (C=O) groups is 2. The van der Waals surface area contributed by atoms with Gasteiger partial charge in [-0.15, -0.1) is 11.8 Å². The molecule has 0 bridgehead atoms. The van der Waals surface area contributed by atoms with Gasteiger partial charge in [-0.2, -0.15) is 0 Å². The van der Waals surface area contributed by atoms with Crippen LogP contribution in [0.2, 0.25) is 0 Å².